The number of nitrogens with one attached hydrogen (secondary N) is 1. The van der Waals surface area contributed by atoms with E-state index >= 15 is 0 Å². The lowest BCUT2D eigenvalue weighted by Gasteiger charge is -2.10. The molecular weight excluding hydrogens is 338 g/mol. The number of hydrogen-bond acceptors (Lipinski definition) is 3. The third-order valence-electron chi connectivity index (χ3n) is 4.52. The Labute approximate surface area is 149 Å². The molecule has 1 aliphatic rings. The molecule has 0 aliphatic carbocycles. The molecule has 1 amide bonds. The van der Waals surface area contributed by atoms with Gasteiger partial charge in [-0.05, 0) is 55.3 Å². The van der Waals surface area contributed by atoms with Crippen LogP contribution < -0.4 is 10.9 Å². The summed E-state index contributed by atoms with van der Waals surface area (Å²) in [5.74, 6) is 0.554. The topological polar surface area (TPSA) is 64.0 Å². The summed E-state index contributed by atoms with van der Waals surface area (Å²) in [7, 11) is 0. The summed E-state index contributed by atoms with van der Waals surface area (Å²) in [6.45, 7) is 2.60. The first-order valence-electron chi connectivity index (χ1n) is 8.14. The Bertz CT molecular complexity index is 1070. The standard InChI is InChI=1S/C19H16ClN3O2/c1-11-9-13(20)5-7-15(11)22-18(24)12-4-6-14-16(10-12)21-17-3-2-8-23(17)19(14)25/h4-7,9-10H,2-3,8H2,1H3,(H,22,24). The van der Waals surface area contributed by atoms with Gasteiger partial charge in [0.15, 0.2) is 0 Å². The van der Waals surface area contributed by atoms with Crippen LogP contribution in [0.15, 0.2) is 41.2 Å². The van der Waals surface area contributed by atoms with Crippen LogP contribution >= 0.6 is 11.6 Å². The number of benzene rings is 2. The fourth-order valence-electron chi connectivity index (χ4n) is 3.19. The SMILES string of the molecule is Cc1cc(Cl)ccc1NC(=O)c1ccc2c(=O)n3c(nc2c1)CCC3. The largest absolute Gasteiger partial charge is 0.322 e. The maximum absolute atomic E-state index is 12.6. The minimum Gasteiger partial charge on any atom is -0.322 e. The van der Waals surface area contributed by atoms with Gasteiger partial charge in [-0.25, -0.2) is 4.98 Å². The van der Waals surface area contributed by atoms with Crippen LogP contribution in [0.1, 0.15) is 28.2 Å². The number of aromatic nitrogens is 2. The number of aryl methyl sites for hydroxylation is 2. The molecule has 0 bridgehead atoms. The molecule has 6 heteroatoms. The van der Waals surface area contributed by atoms with Gasteiger partial charge in [-0.1, -0.05) is 11.6 Å². The van der Waals surface area contributed by atoms with E-state index in [1.165, 1.54) is 0 Å². The van der Waals surface area contributed by atoms with E-state index in [1.807, 2.05) is 6.92 Å². The van der Waals surface area contributed by atoms with Crippen LogP contribution in [0, 0.1) is 6.92 Å². The van der Waals surface area contributed by atoms with Crippen LogP contribution in [0.25, 0.3) is 10.9 Å². The van der Waals surface area contributed by atoms with Gasteiger partial charge in [0, 0.05) is 29.2 Å². The highest BCUT2D eigenvalue weighted by molar-refractivity contribution is 6.30. The van der Waals surface area contributed by atoms with Crippen LogP contribution in [0.5, 0.6) is 0 Å². The van der Waals surface area contributed by atoms with Crippen molar-refractivity contribution in [2.45, 2.75) is 26.3 Å². The number of anilines is 1. The lowest BCUT2D eigenvalue weighted by molar-refractivity contribution is 0.102. The molecular formula is C19H16ClN3O2. The molecule has 1 aromatic heterocycles. The quantitative estimate of drug-likeness (QED) is 0.766. The second-order valence-electron chi connectivity index (χ2n) is 6.23. The minimum atomic E-state index is -0.241. The van der Waals surface area contributed by atoms with Crippen molar-refractivity contribution in [1.82, 2.24) is 9.55 Å². The molecule has 5 nitrogen and oxygen atoms in total. The Morgan fingerprint density at radius 1 is 1.24 bits per heavy atom. The van der Waals surface area contributed by atoms with Gasteiger partial charge >= 0.3 is 0 Å². The molecule has 0 fully saturated rings. The lowest BCUT2D eigenvalue weighted by atomic mass is 10.1. The number of nitrogens with zero attached hydrogens (tertiary/aromatic N) is 2. The molecule has 3 aromatic rings. The predicted molar refractivity (Wildman–Crippen MR) is 98.5 cm³/mol. The van der Waals surface area contributed by atoms with Crippen molar-refractivity contribution in [1.29, 1.82) is 0 Å². The molecule has 0 spiro atoms. The number of carbonyl (C=O) groups is 1. The Kier molecular flexibility index (Phi) is 3.81. The van der Waals surface area contributed by atoms with Crippen molar-refractivity contribution in [3.05, 3.63) is 68.7 Å². The molecule has 2 aromatic carbocycles. The predicted octanol–water partition coefficient (Wildman–Crippen LogP) is 3.56. The van der Waals surface area contributed by atoms with E-state index in [1.54, 1.807) is 41.0 Å². The van der Waals surface area contributed by atoms with Crippen molar-refractivity contribution >= 4 is 34.1 Å². The second kappa shape index (κ2) is 6.01. The zero-order valence-corrected chi connectivity index (χ0v) is 14.4. The van der Waals surface area contributed by atoms with Crippen molar-refractivity contribution in [3.63, 3.8) is 0 Å². The Balaban J connectivity index is 1.70. The number of halogens is 1. The summed E-state index contributed by atoms with van der Waals surface area (Å²) < 4.78 is 1.72. The average Bonchev–Trinajstić information content (AvgIpc) is 3.05. The number of fused-ring (bicyclic) bond motifs is 2. The number of amides is 1. The first-order chi connectivity index (χ1) is 12.0. The molecule has 0 unspecified atom stereocenters. The van der Waals surface area contributed by atoms with Crippen LogP contribution in [0.2, 0.25) is 5.02 Å². The molecule has 2 heterocycles. The normalized spacial score (nSPS) is 13.0. The van der Waals surface area contributed by atoms with Crippen molar-refractivity contribution < 1.29 is 4.79 Å². The minimum absolute atomic E-state index is 0.0296. The van der Waals surface area contributed by atoms with Gasteiger partial charge in [0.25, 0.3) is 11.5 Å². The van der Waals surface area contributed by atoms with Gasteiger partial charge in [0.2, 0.25) is 0 Å². The van der Waals surface area contributed by atoms with Crippen LogP contribution in [0.4, 0.5) is 5.69 Å². The van der Waals surface area contributed by atoms with Crippen molar-refractivity contribution in [2.75, 3.05) is 5.32 Å². The first-order valence-corrected chi connectivity index (χ1v) is 8.52. The van der Waals surface area contributed by atoms with E-state index in [2.05, 4.69) is 10.3 Å². The zero-order valence-electron chi connectivity index (χ0n) is 13.7. The van der Waals surface area contributed by atoms with E-state index in [0.29, 0.717) is 27.2 Å². The van der Waals surface area contributed by atoms with Gasteiger partial charge < -0.3 is 5.32 Å². The van der Waals surface area contributed by atoms with Gasteiger partial charge in [-0.3, -0.25) is 14.2 Å². The van der Waals surface area contributed by atoms with Gasteiger partial charge in [-0.15, -0.1) is 0 Å². The number of rotatable bonds is 2. The van der Waals surface area contributed by atoms with E-state index < -0.39 is 0 Å². The maximum atomic E-state index is 12.6. The maximum Gasteiger partial charge on any atom is 0.261 e. The number of carbonyl (C=O) groups excluding carboxylic acids is 1. The van der Waals surface area contributed by atoms with Crippen LogP contribution in [-0.4, -0.2) is 15.5 Å². The third kappa shape index (κ3) is 2.81. The van der Waals surface area contributed by atoms with E-state index in [4.69, 9.17) is 11.6 Å². The molecule has 0 atom stereocenters. The van der Waals surface area contributed by atoms with E-state index in [0.717, 1.165) is 30.8 Å². The summed E-state index contributed by atoms with van der Waals surface area (Å²) in [5.41, 5.74) is 2.60. The summed E-state index contributed by atoms with van der Waals surface area (Å²) in [4.78, 5) is 29.6. The monoisotopic (exact) mass is 353 g/mol. The fourth-order valence-corrected chi connectivity index (χ4v) is 3.41. The second-order valence-corrected chi connectivity index (χ2v) is 6.67. The molecule has 1 aliphatic heterocycles. The molecule has 0 saturated heterocycles. The first kappa shape index (κ1) is 15.8. The fraction of sp³-hybridized carbons (Fsp3) is 0.211. The van der Waals surface area contributed by atoms with Crippen molar-refractivity contribution in [3.8, 4) is 0 Å². The Hall–Kier alpha value is -2.66. The van der Waals surface area contributed by atoms with Gasteiger partial charge in [0.1, 0.15) is 5.82 Å². The van der Waals surface area contributed by atoms with Gasteiger partial charge in [0.05, 0.1) is 10.9 Å². The average molecular weight is 354 g/mol. The summed E-state index contributed by atoms with van der Waals surface area (Å²) >= 11 is 5.94. The molecule has 0 saturated carbocycles. The Morgan fingerprint density at radius 3 is 2.88 bits per heavy atom. The van der Waals surface area contributed by atoms with Crippen LogP contribution in [-0.2, 0) is 13.0 Å². The molecule has 126 valence electrons. The highest BCUT2D eigenvalue weighted by Crippen LogP contribution is 2.21. The molecule has 25 heavy (non-hydrogen) atoms. The number of hydrogen-bond donors (Lipinski definition) is 1. The van der Waals surface area contributed by atoms with Gasteiger partial charge in [-0.2, -0.15) is 0 Å². The smallest absolute Gasteiger partial charge is 0.261 e. The third-order valence-corrected chi connectivity index (χ3v) is 4.75. The summed E-state index contributed by atoms with van der Waals surface area (Å²) in [6, 6.07) is 10.3. The highest BCUT2D eigenvalue weighted by Gasteiger charge is 2.17. The molecule has 1 N–H and O–H groups in total. The lowest BCUT2D eigenvalue weighted by Crippen LogP contribution is -2.21. The van der Waals surface area contributed by atoms with Crippen LogP contribution in [0.3, 0.4) is 0 Å². The highest BCUT2D eigenvalue weighted by atomic mass is 35.5. The Morgan fingerprint density at radius 2 is 2.08 bits per heavy atom. The summed E-state index contributed by atoms with van der Waals surface area (Å²) in [5, 5.41) is 4.05. The van der Waals surface area contributed by atoms with E-state index in [9.17, 15) is 9.59 Å². The molecule has 4 rings (SSSR count). The summed E-state index contributed by atoms with van der Waals surface area (Å²) in [6.07, 6.45) is 1.73. The molecule has 0 radical (unpaired) electrons. The van der Waals surface area contributed by atoms with E-state index in [-0.39, 0.29) is 11.5 Å². The zero-order chi connectivity index (χ0) is 17.6. The van der Waals surface area contributed by atoms with Crippen molar-refractivity contribution in [2.24, 2.45) is 0 Å².